The van der Waals surface area contributed by atoms with E-state index in [0.29, 0.717) is 12.2 Å². The topological polar surface area (TPSA) is 38.3 Å². The Morgan fingerprint density at radius 2 is 2.17 bits per heavy atom. The van der Waals surface area contributed by atoms with Crippen molar-refractivity contribution in [1.29, 1.82) is 0 Å². The second-order valence-electron chi connectivity index (χ2n) is 3.55. The Morgan fingerprint density at radius 1 is 1.44 bits per heavy atom. The molecule has 6 heteroatoms. The molecule has 0 aliphatic carbocycles. The first-order chi connectivity index (χ1) is 8.43. The van der Waals surface area contributed by atoms with Crippen molar-refractivity contribution in [3.63, 3.8) is 0 Å². The van der Waals surface area contributed by atoms with Crippen LogP contribution in [0.15, 0.2) is 24.3 Å². The SMILES string of the molecule is COc1cccc(C[CH]CNC(=O)C(F)(F)F)c1. The van der Waals surface area contributed by atoms with Gasteiger partial charge in [-0.15, -0.1) is 0 Å². The molecular formula is C12H13F3NO2. The molecule has 1 N–H and O–H groups in total. The molecule has 1 radical (unpaired) electrons. The molecule has 0 aliphatic rings. The summed E-state index contributed by atoms with van der Waals surface area (Å²) in [6.07, 6.45) is -2.82. The fourth-order valence-electron chi connectivity index (χ4n) is 1.30. The minimum absolute atomic E-state index is 0.129. The van der Waals surface area contributed by atoms with Gasteiger partial charge in [0.2, 0.25) is 0 Å². The van der Waals surface area contributed by atoms with Crippen LogP contribution < -0.4 is 10.1 Å². The van der Waals surface area contributed by atoms with Crippen LogP contribution in [-0.2, 0) is 11.2 Å². The molecule has 0 bridgehead atoms. The number of nitrogens with one attached hydrogen (secondary N) is 1. The standard InChI is InChI=1S/C12H13F3NO2/c1-18-10-6-2-4-9(8-10)5-3-7-16-11(17)12(13,14)15/h2-4,6,8H,5,7H2,1H3,(H,16,17). The molecule has 99 valence electrons. The maximum atomic E-state index is 11.9. The molecule has 1 rings (SSSR count). The van der Waals surface area contributed by atoms with Gasteiger partial charge in [0.25, 0.3) is 0 Å². The summed E-state index contributed by atoms with van der Waals surface area (Å²) in [5, 5.41) is 1.77. The van der Waals surface area contributed by atoms with Crippen LogP contribution in [0.2, 0.25) is 0 Å². The number of halogens is 3. The molecule has 0 fully saturated rings. The minimum Gasteiger partial charge on any atom is -0.497 e. The van der Waals surface area contributed by atoms with Crippen molar-refractivity contribution in [2.45, 2.75) is 12.6 Å². The van der Waals surface area contributed by atoms with Crippen molar-refractivity contribution in [3.05, 3.63) is 36.2 Å². The van der Waals surface area contributed by atoms with Gasteiger partial charge in [-0.2, -0.15) is 13.2 Å². The van der Waals surface area contributed by atoms with E-state index in [-0.39, 0.29) is 6.54 Å². The smallest absolute Gasteiger partial charge is 0.471 e. The number of methoxy groups -OCH3 is 1. The summed E-state index contributed by atoms with van der Waals surface area (Å²) in [6, 6.07) is 7.16. The Balaban J connectivity index is 2.32. The zero-order valence-corrected chi connectivity index (χ0v) is 9.75. The van der Waals surface area contributed by atoms with Crippen molar-refractivity contribution >= 4 is 5.91 Å². The van der Waals surface area contributed by atoms with Crippen LogP contribution >= 0.6 is 0 Å². The van der Waals surface area contributed by atoms with Crippen LogP contribution in [0.4, 0.5) is 13.2 Å². The number of ether oxygens (including phenoxy) is 1. The normalized spacial score (nSPS) is 11.1. The van der Waals surface area contributed by atoms with Crippen LogP contribution in [0.5, 0.6) is 5.75 Å². The highest BCUT2D eigenvalue weighted by Gasteiger charge is 2.38. The predicted molar refractivity (Wildman–Crippen MR) is 60.1 cm³/mol. The maximum Gasteiger partial charge on any atom is 0.471 e. The molecule has 0 unspecified atom stereocenters. The average molecular weight is 260 g/mol. The molecular weight excluding hydrogens is 247 g/mol. The van der Waals surface area contributed by atoms with E-state index in [1.165, 1.54) is 7.11 Å². The van der Waals surface area contributed by atoms with Gasteiger partial charge in [0.1, 0.15) is 5.75 Å². The van der Waals surface area contributed by atoms with Crippen molar-refractivity contribution in [2.75, 3.05) is 13.7 Å². The molecule has 0 atom stereocenters. The molecule has 0 spiro atoms. The summed E-state index contributed by atoms with van der Waals surface area (Å²) in [5.74, 6) is -1.25. The Morgan fingerprint density at radius 3 is 2.78 bits per heavy atom. The van der Waals surface area contributed by atoms with Crippen LogP contribution in [0.1, 0.15) is 5.56 Å². The number of hydrogen-bond donors (Lipinski definition) is 1. The van der Waals surface area contributed by atoms with Gasteiger partial charge in [0.05, 0.1) is 7.11 Å². The molecule has 0 aliphatic heterocycles. The monoisotopic (exact) mass is 260 g/mol. The number of rotatable bonds is 5. The molecule has 3 nitrogen and oxygen atoms in total. The van der Waals surface area contributed by atoms with Gasteiger partial charge in [-0.1, -0.05) is 12.1 Å². The highest BCUT2D eigenvalue weighted by molar-refractivity contribution is 5.81. The van der Waals surface area contributed by atoms with Gasteiger partial charge in [-0.25, -0.2) is 0 Å². The minimum atomic E-state index is -4.83. The zero-order chi connectivity index (χ0) is 13.6. The molecule has 1 amide bonds. The van der Waals surface area contributed by atoms with Crippen molar-refractivity contribution in [1.82, 2.24) is 5.32 Å². The lowest BCUT2D eigenvalue weighted by Crippen LogP contribution is -2.37. The molecule has 0 saturated heterocycles. The lowest BCUT2D eigenvalue weighted by atomic mass is 10.1. The lowest BCUT2D eigenvalue weighted by Gasteiger charge is -2.08. The Labute approximate surface area is 103 Å². The first kappa shape index (κ1) is 14.3. The summed E-state index contributed by atoms with van der Waals surface area (Å²) < 4.78 is 40.6. The van der Waals surface area contributed by atoms with E-state index in [0.717, 1.165) is 5.56 Å². The van der Waals surface area contributed by atoms with Crippen molar-refractivity contribution < 1.29 is 22.7 Å². The molecule has 0 saturated carbocycles. The summed E-state index contributed by atoms with van der Waals surface area (Å²) >= 11 is 0. The van der Waals surface area contributed by atoms with Gasteiger partial charge in [0, 0.05) is 6.54 Å². The van der Waals surface area contributed by atoms with Crippen LogP contribution in [-0.4, -0.2) is 25.7 Å². The van der Waals surface area contributed by atoms with Crippen LogP contribution in [0.25, 0.3) is 0 Å². The van der Waals surface area contributed by atoms with Gasteiger partial charge >= 0.3 is 12.1 Å². The Bertz CT molecular complexity index is 405. The van der Waals surface area contributed by atoms with E-state index in [1.807, 2.05) is 6.07 Å². The average Bonchev–Trinajstić information content (AvgIpc) is 2.33. The van der Waals surface area contributed by atoms with Gasteiger partial charge < -0.3 is 10.1 Å². The molecule has 18 heavy (non-hydrogen) atoms. The third-order valence-corrected chi connectivity index (χ3v) is 2.18. The highest BCUT2D eigenvalue weighted by atomic mass is 19.4. The van der Waals surface area contributed by atoms with E-state index in [9.17, 15) is 18.0 Å². The Hall–Kier alpha value is -1.72. The van der Waals surface area contributed by atoms with Crippen LogP contribution in [0.3, 0.4) is 0 Å². The predicted octanol–water partition coefficient (Wildman–Crippen LogP) is 2.12. The van der Waals surface area contributed by atoms with E-state index in [2.05, 4.69) is 0 Å². The van der Waals surface area contributed by atoms with E-state index < -0.39 is 12.1 Å². The van der Waals surface area contributed by atoms with Crippen molar-refractivity contribution in [2.24, 2.45) is 0 Å². The molecule has 1 aromatic carbocycles. The summed E-state index contributed by atoms with van der Waals surface area (Å²) in [7, 11) is 1.53. The number of carbonyl (C=O) groups excluding carboxylic acids is 1. The number of amides is 1. The first-order valence-electron chi connectivity index (χ1n) is 5.23. The van der Waals surface area contributed by atoms with Gasteiger partial charge in [-0.05, 0) is 30.5 Å². The summed E-state index contributed by atoms with van der Waals surface area (Å²) in [6.45, 7) is -0.129. The summed E-state index contributed by atoms with van der Waals surface area (Å²) in [4.78, 5) is 10.5. The molecule has 1 aromatic rings. The third-order valence-electron chi connectivity index (χ3n) is 2.18. The van der Waals surface area contributed by atoms with Crippen molar-refractivity contribution in [3.8, 4) is 5.75 Å². The second kappa shape index (κ2) is 6.28. The summed E-state index contributed by atoms with van der Waals surface area (Å²) in [5.41, 5.74) is 0.899. The number of alkyl halides is 3. The molecule has 0 heterocycles. The first-order valence-corrected chi connectivity index (χ1v) is 5.23. The van der Waals surface area contributed by atoms with Gasteiger partial charge in [0.15, 0.2) is 0 Å². The second-order valence-corrected chi connectivity index (χ2v) is 3.55. The zero-order valence-electron chi connectivity index (χ0n) is 9.75. The molecule has 0 aromatic heterocycles. The van der Waals surface area contributed by atoms with E-state index in [1.54, 1.807) is 29.9 Å². The van der Waals surface area contributed by atoms with E-state index in [4.69, 9.17) is 4.74 Å². The Kier molecular flexibility index (Phi) is 5.00. The van der Waals surface area contributed by atoms with Crippen LogP contribution in [0, 0.1) is 6.42 Å². The highest BCUT2D eigenvalue weighted by Crippen LogP contribution is 2.15. The number of hydrogen-bond acceptors (Lipinski definition) is 2. The quantitative estimate of drug-likeness (QED) is 0.823. The van der Waals surface area contributed by atoms with E-state index >= 15 is 0 Å². The number of carbonyl (C=O) groups is 1. The fourth-order valence-corrected chi connectivity index (χ4v) is 1.30. The number of benzene rings is 1. The third kappa shape index (κ3) is 4.65. The largest absolute Gasteiger partial charge is 0.497 e. The fraction of sp³-hybridized carbons (Fsp3) is 0.333. The van der Waals surface area contributed by atoms with Gasteiger partial charge in [-0.3, -0.25) is 4.79 Å². The maximum absolute atomic E-state index is 11.9. The lowest BCUT2D eigenvalue weighted by molar-refractivity contribution is -0.173.